The van der Waals surface area contributed by atoms with Crippen LogP contribution in [-0.4, -0.2) is 17.5 Å². The van der Waals surface area contributed by atoms with E-state index in [1.54, 1.807) is 0 Å². The normalized spacial score (nSPS) is 13.7. The zero-order valence-corrected chi connectivity index (χ0v) is 9.95. The third kappa shape index (κ3) is 2.36. The highest BCUT2D eigenvalue weighted by Gasteiger charge is 2.71. The lowest BCUT2D eigenvalue weighted by atomic mass is 9.87. The third-order valence-corrected chi connectivity index (χ3v) is 2.82. The summed E-state index contributed by atoms with van der Waals surface area (Å²) in [5.74, 6) is 0. The second-order valence-corrected chi connectivity index (χ2v) is 4.23. The number of rotatable bonds is 1. The number of halogens is 6. The zero-order valence-electron chi connectivity index (χ0n) is 9.95. The van der Waals surface area contributed by atoms with Gasteiger partial charge in [-0.15, -0.1) is 0 Å². The van der Waals surface area contributed by atoms with Crippen molar-refractivity contribution in [3.05, 3.63) is 28.8 Å². The van der Waals surface area contributed by atoms with Gasteiger partial charge in [-0.05, 0) is 31.0 Å². The number of nitrogens with two attached hydrogens (primary N) is 1. The fraction of sp³-hybridized carbons (Fsp3) is 0.455. The molecule has 0 fully saturated rings. The van der Waals surface area contributed by atoms with Gasteiger partial charge < -0.3 is 10.8 Å². The van der Waals surface area contributed by atoms with Crippen molar-refractivity contribution in [2.45, 2.75) is 31.8 Å². The summed E-state index contributed by atoms with van der Waals surface area (Å²) in [6.45, 7) is 2.28. The van der Waals surface area contributed by atoms with Gasteiger partial charge in [0.1, 0.15) is 0 Å². The monoisotopic (exact) mass is 287 g/mol. The second-order valence-electron chi connectivity index (χ2n) is 4.23. The number of aryl methyl sites for hydroxylation is 2. The molecule has 0 saturated carbocycles. The molecular formula is C11H11F6NO. The Morgan fingerprint density at radius 3 is 1.68 bits per heavy atom. The highest BCUT2D eigenvalue weighted by molar-refractivity contribution is 5.53. The molecule has 1 aromatic rings. The standard InChI is InChI=1S/C11H11F6NO/c1-5-4-8(18)6(2)3-7(5)9(19,10(12,13)14)11(15,16)17/h3-4,19H,18H2,1-2H3. The van der Waals surface area contributed by atoms with Crippen molar-refractivity contribution in [3.63, 3.8) is 0 Å². The van der Waals surface area contributed by atoms with Gasteiger partial charge >= 0.3 is 12.4 Å². The first-order valence-electron chi connectivity index (χ1n) is 5.05. The summed E-state index contributed by atoms with van der Waals surface area (Å²) in [5, 5.41) is 9.26. The van der Waals surface area contributed by atoms with E-state index in [9.17, 15) is 31.4 Å². The lowest BCUT2D eigenvalue weighted by Crippen LogP contribution is -2.54. The molecule has 0 atom stereocenters. The van der Waals surface area contributed by atoms with Crippen LogP contribution in [0.15, 0.2) is 12.1 Å². The molecule has 0 aliphatic rings. The van der Waals surface area contributed by atoms with E-state index in [-0.39, 0.29) is 16.8 Å². The maximum Gasteiger partial charge on any atom is 0.430 e. The quantitative estimate of drug-likeness (QED) is 0.615. The predicted molar refractivity (Wildman–Crippen MR) is 56.3 cm³/mol. The number of anilines is 1. The lowest BCUT2D eigenvalue weighted by molar-refractivity contribution is -0.376. The molecule has 0 bridgehead atoms. The van der Waals surface area contributed by atoms with Crippen LogP contribution in [0.2, 0.25) is 0 Å². The van der Waals surface area contributed by atoms with Gasteiger partial charge in [-0.2, -0.15) is 26.3 Å². The molecule has 0 aromatic heterocycles. The molecule has 2 nitrogen and oxygen atoms in total. The van der Waals surface area contributed by atoms with Gasteiger partial charge in [0.15, 0.2) is 0 Å². The summed E-state index contributed by atoms with van der Waals surface area (Å²) in [6, 6.07) is 1.57. The van der Waals surface area contributed by atoms with Crippen LogP contribution in [0, 0.1) is 13.8 Å². The van der Waals surface area contributed by atoms with Crippen LogP contribution in [0.5, 0.6) is 0 Å². The summed E-state index contributed by atoms with van der Waals surface area (Å²) in [7, 11) is 0. The number of hydrogen-bond acceptors (Lipinski definition) is 2. The highest BCUT2D eigenvalue weighted by atomic mass is 19.4. The molecule has 0 spiro atoms. The van der Waals surface area contributed by atoms with Crippen molar-refractivity contribution in [2.24, 2.45) is 0 Å². The minimum Gasteiger partial charge on any atom is -0.399 e. The summed E-state index contributed by atoms with van der Waals surface area (Å²) in [4.78, 5) is 0. The maximum absolute atomic E-state index is 12.7. The minimum absolute atomic E-state index is 0.0209. The first-order chi connectivity index (χ1) is 8.32. The molecule has 19 heavy (non-hydrogen) atoms. The van der Waals surface area contributed by atoms with E-state index in [2.05, 4.69) is 0 Å². The Hall–Kier alpha value is -1.44. The smallest absolute Gasteiger partial charge is 0.399 e. The summed E-state index contributed by atoms with van der Waals surface area (Å²) in [5.41, 5.74) is -1.09. The van der Waals surface area contributed by atoms with Crippen molar-refractivity contribution < 1.29 is 31.4 Å². The number of hydrogen-bond donors (Lipinski definition) is 2. The summed E-state index contributed by atoms with van der Waals surface area (Å²) >= 11 is 0. The van der Waals surface area contributed by atoms with Gasteiger partial charge in [0.05, 0.1) is 0 Å². The molecule has 108 valence electrons. The number of alkyl halides is 6. The topological polar surface area (TPSA) is 46.2 Å². The molecule has 0 amide bonds. The molecule has 3 N–H and O–H groups in total. The zero-order chi connectivity index (χ0) is 15.2. The molecule has 1 aromatic carbocycles. The molecule has 0 aliphatic carbocycles. The van der Waals surface area contributed by atoms with Crippen LogP contribution in [0.4, 0.5) is 32.0 Å². The average Bonchev–Trinajstić information content (AvgIpc) is 2.19. The third-order valence-electron chi connectivity index (χ3n) is 2.82. The molecule has 8 heteroatoms. The Balaban J connectivity index is 3.66. The minimum atomic E-state index is -5.89. The average molecular weight is 287 g/mol. The molecule has 0 heterocycles. The van der Waals surface area contributed by atoms with Crippen LogP contribution in [0.3, 0.4) is 0 Å². The number of aliphatic hydroxyl groups is 1. The SMILES string of the molecule is Cc1cc(C(O)(C(F)(F)F)C(F)(F)F)c(C)cc1N. The number of benzene rings is 1. The molecule has 0 radical (unpaired) electrons. The van der Waals surface area contributed by atoms with Gasteiger partial charge in [-0.3, -0.25) is 0 Å². The first-order valence-corrected chi connectivity index (χ1v) is 5.05. The van der Waals surface area contributed by atoms with Crippen molar-refractivity contribution in [3.8, 4) is 0 Å². The highest BCUT2D eigenvalue weighted by Crippen LogP contribution is 2.51. The van der Waals surface area contributed by atoms with E-state index in [0.717, 1.165) is 13.0 Å². The Bertz CT molecular complexity index is 477. The lowest BCUT2D eigenvalue weighted by Gasteiger charge is -2.34. The van der Waals surface area contributed by atoms with Crippen molar-refractivity contribution in [1.29, 1.82) is 0 Å². The Kier molecular flexibility index (Phi) is 3.53. The van der Waals surface area contributed by atoms with E-state index < -0.39 is 23.5 Å². The first kappa shape index (κ1) is 15.6. The van der Waals surface area contributed by atoms with Gasteiger partial charge in [-0.25, -0.2) is 0 Å². The van der Waals surface area contributed by atoms with Crippen LogP contribution in [0.25, 0.3) is 0 Å². The summed E-state index contributed by atoms with van der Waals surface area (Å²) in [6.07, 6.45) is -11.8. The Morgan fingerprint density at radius 1 is 0.895 bits per heavy atom. The van der Waals surface area contributed by atoms with Crippen LogP contribution in [0.1, 0.15) is 16.7 Å². The van der Waals surface area contributed by atoms with Crippen molar-refractivity contribution in [2.75, 3.05) is 5.73 Å². The maximum atomic E-state index is 12.7. The van der Waals surface area contributed by atoms with E-state index in [4.69, 9.17) is 5.73 Å². The molecule has 1 rings (SSSR count). The van der Waals surface area contributed by atoms with Gasteiger partial charge in [0, 0.05) is 11.3 Å². The van der Waals surface area contributed by atoms with Gasteiger partial charge in [-0.1, -0.05) is 6.07 Å². The van der Waals surface area contributed by atoms with Crippen molar-refractivity contribution >= 4 is 5.69 Å². The van der Waals surface area contributed by atoms with Crippen molar-refractivity contribution in [1.82, 2.24) is 0 Å². The second kappa shape index (κ2) is 4.29. The van der Waals surface area contributed by atoms with E-state index in [0.29, 0.717) is 6.07 Å². The van der Waals surface area contributed by atoms with E-state index in [1.165, 1.54) is 6.92 Å². The molecule has 0 unspecified atom stereocenters. The van der Waals surface area contributed by atoms with Crippen LogP contribution < -0.4 is 5.73 Å². The van der Waals surface area contributed by atoms with Crippen LogP contribution in [-0.2, 0) is 5.60 Å². The van der Waals surface area contributed by atoms with E-state index in [1.807, 2.05) is 0 Å². The fourth-order valence-electron chi connectivity index (χ4n) is 1.69. The van der Waals surface area contributed by atoms with Crippen LogP contribution >= 0.6 is 0 Å². The fourth-order valence-corrected chi connectivity index (χ4v) is 1.69. The molecule has 0 aliphatic heterocycles. The largest absolute Gasteiger partial charge is 0.430 e. The van der Waals surface area contributed by atoms with Gasteiger partial charge in [0.25, 0.3) is 5.60 Å². The number of nitrogen functional groups attached to an aromatic ring is 1. The summed E-state index contributed by atoms with van der Waals surface area (Å²) < 4.78 is 76.2. The Labute approximate surface area is 104 Å². The van der Waals surface area contributed by atoms with Gasteiger partial charge in [0.2, 0.25) is 0 Å². The molecular weight excluding hydrogens is 276 g/mol. The Morgan fingerprint density at radius 2 is 1.32 bits per heavy atom. The van der Waals surface area contributed by atoms with E-state index >= 15 is 0 Å². The molecule has 0 saturated heterocycles. The predicted octanol–water partition coefficient (Wildman–Crippen LogP) is 3.20.